The highest BCUT2D eigenvalue weighted by Gasteiger charge is 2.17. The highest BCUT2D eigenvalue weighted by molar-refractivity contribution is 6.42. The lowest BCUT2D eigenvalue weighted by atomic mass is 10.2. The zero-order valence-corrected chi connectivity index (χ0v) is 16.1. The van der Waals surface area contributed by atoms with Crippen molar-refractivity contribution >= 4 is 23.2 Å². The molecule has 140 valence electrons. The SMILES string of the molecule is O=c1nc2n(Cc3ccc(Cl)c(Cl)c3)cccc-2c(=O)n1Cc1cccnc1. The summed E-state index contributed by atoms with van der Waals surface area (Å²) >= 11 is 12.0. The number of aromatic nitrogens is 4. The summed E-state index contributed by atoms with van der Waals surface area (Å²) < 4.78 is 2.86. The molecule has 2 aliphatic heterocycles. The maximum atomic E-state index is 12.9. The van der Waals surface area contributed by atoms with Gasteiger partial charge in [0.15, 0.2) is 5.82 Å². The molecule has 0 saturated carbocycles. The molecule has 6 nitrogen and oxygen atoms in total. The van der Waals surface area contributed by atoms with Gasteiger partial charge in [0.25, 0.3) is 5.56 Å². The molecule has 0 atom stereocenters. The molecule has 0 radical (unpaired) electrons. The molecular formula is C20H14Cl2N4O2. The summed E-state index contributed by atoms with van der Waals surface area (Å²) in [4.78, 5) is 33.6. The van der Waals surface area contributed by atoms with E-state index < -0.39 is 5.69 Å². The van der Waals surface area contributed by atoms with E-state index in [2.05, 4.69) is 9.97 Å². The quantitative estimate of drug-likeness (QED) is 0.515. The first-order valence-electron chi connectivity index (χ1n) is 8.46. The van der Waals surface area contributed by atoms with E-state index in [1.807, 2.05) is 6.07 Å². The van der Waals surface area contributed by atoms with E-state index in [0.717, 1.165) is 15.7 Å². The van der Waals surface area contributed by atoms with Gasteiger partial charge in [-0.1, -0.05) is 35.3 Å². The van der Waals surface area contributed by atoms with E-state index in [0.29, 0.717) is 28.0 Å². The van der Waals surface area contributed by atoms with Gasteiger partial charge in [-0.3, -0.25) is 14.3 Å². The van der Waals surface area contributed by atoms with Crippen molar-refractivity contribution in [3.05, 3.63) is 103 Å². The first-order valence-corrected chi connectivity index (χ1v) is 9.21. The predicted octanol–water partition coefficient (Wildman–Crippen LogP) is 3.31. The van der Waals surface area contributed by atoms with E-state index in [-0.39, 0.29) is 12.1 Å². The van der Waals surface area contributed by atoms with Crippen LogP contribution in [0.15, 0.2) is 70.6 Å². The van der Waals surface area contributed by atoms with Crippen LogP contribution in [0.5, 0.6) is 0 Å². The zero-order valence-electron chi connectivity index (χ0n) is 14.5. The van der Waals surface area contributed by atoms with Crippen molar-refractivity contribution < 1.29 is 0 Å². The summed E-state index contributed by atoms with van der Waals surface area (Å²) in [6.07, 6.45) is 5.02. The minimum Gasteiger partial charge on any atom is -0.328 e. The summed E-state index contributed by atoms with van der Waals surface area (Å²) in [5, 5.41) is 0.905. The lowest BCUT2D eigenvalue weighted by molar-refractivity contribution is 0.677. The Bertz CT molecular complexity index is 1240. The van der Waals surface area contributed by atoms with Gasteiger partial charge in [0.05, 0.1) is 22.2 Å². The topological polar surface area (TPSA) is 69.8 Å². The van der Waals surface area contributed by atoms with Crippen molar-refractivity contribution in [2.75, 3.05) is 0 Å². The Balaban J connectivity index is 1.77. The molecule has 2 aliphatic rings. The second kappa shape index (κ2) is 7.58. The molecule has 0 aliphatic carbocycles. The van der Waals surface area contributed by atoms with Gasteiger partial charge < -0.3 is 4.57 Å². The lowest BCUT2D eigenvalue weighted by Crippen LogP contribution is -2.38. The smallest absolute Gasteiger partial charge is 0.328 e. The highest BCUT2D eigenvalue weighted by atomic mass is 35.5. The number of benzene rings is 1. The summed E-state index contributed by atoms with van der Waals surface area (Å²) in [6.45, 7) is 0.517. The van der Waals surface area contributed by atoms with Crippen molar-refractivity contribution in [2.45, 2.75) is 13.1 Å². The van der Waals surface area contributed by atoms with Gasteiger partial charge in [-0.2, -0.15) is 4.98 Å². The number of pyridine rings is 2. The molecule has 0 spiro atoms. The van der Waals surface area contributed by atoms with Crippen LogP contribution in [0, 0.1) is 0 Å². The number of halogens is 2. The van der Waals surface area contributed by atoms with Crippen molar-refractivity contribution in [2.24, 2.45) is 0 Å². The summed E-state index contributed by atoms with van der Waals surface area (Å²) in [6, 6.07) is 12.3. The second-order valence-electron chi connectivity index (χ2n) is 6.27. The molecule has 3 heterocycles. The average Bonchev–Trinajstić information content (AvgIpc) is 2.69. The summed E-state index contributed by atoms with van der Waals surface area (Å²) in [5.74, 6) is 0.325. The van der Waals surface area contributed by atoms with Gasteiger partial charge in [0.2, 0.25) is 0 Å². The Labute approximate surface area is 170 Å². The van der Waals surface area contributed by atoms with Crippen molar-refractivity contribution in [3.63, 3.8) is 0 Å². The fourth-order valence-corrected chi connectivity index (χ4v) is 3.31. The Hall–Kier alpha value is -2.96. The standard InChI is InChI=1S/C20H14Cl2N4O2/c21-16-6-5-13(9-17(16)22)11-25-8-2-4-15-18(25)24-20(28)26(19(15)27)12-14-3-1-7-23-10-14/h1-10H,11-12H2. The molecule has 1 aromatic carbocycles. The Morgan fingerprint density at radius 3 is 2.54 bits per heavy atom. The fourth-order valence-electron chi connectivity index (χ4n) is 2.99. The van der Waals surface area contributed by atoms with E-state index in [4.69, 9.17) is 23.2 Å². The first-order chi connectivity index (χ1) is 13.5. The van der Waals surface area contributed by atoms with Crippen molar-refractivity contribution in [3.8, 4) is 11.4 Å². The average molecular weight is 413 g/mol. The molecule has 0 unspecified atom stereocenters. The Morgan fingerprint density at radius 1 is 0.929 bits per heavy atom. The number of hydrogen-bond acceptors (Lipinski definition) is 4. The van der Waals surface area contributed by atoms with Crippen molar-refractivity contribution in [1.82, 2.24) is 19.1 Å². The highest BCUT2D eigenvalue weighted by Crippen LogP contribution is 2.24. The van der Waals surface area contributed by atoms with Crippen LogP contribution >= 0.6 is 23.2 Å². The number of rotatable bonds is 4. The van der Waals surface area contributed by atoms with Crippen LogP contribution in [0.25, 0.3) is 11.4 Å². The summed E-state index contributed by atoms with van der Waals surface area (Å²) in [7, 11) is 0. The van der Waals surface area contributed by atoms with Gasteiger partial charge in [-0.15, -0.1) is 0 Å². The van der Waals surface area contributed by atoms with Crippen LogP contribution in [-0.2, 0) is 13.1 Å². The molecule has 0 saturated heterocycles. The van der Waals surface area contributed by atoms with Gasteiger partial charge in [0.1, 0.15) is 0 Å². The minimum atomic E-state index is -0.601. The molecule has 0 bridgehead atoms. The van der Waals surface area contributed by atoms with Crippen LogP contribution in [0.3, 0.4) is 0 Å². The number of nitrogens with zero attached hydrogens (tertiary/aromatic N) is 4. The van der Waals surface area contributed by atoms with Crippen LogP contribution in [0.1, 0.15) is 11.1 Å². The van der Waals surface area contributed by atoms with Gasteiger partial charge in [-0.25, -0.2) is 4.79 Å². The minimum absolute atomic E-state index is 0.121. The molecule has 0 amide bonds. The number of hydrogen-bond donors (Lipinski definition) is 0. The number of fused-ring (bicyclic) bond motifs is 1. The van der Waals surface area contributed by atoms with Gasteiger partial charge in [0, 0.05) is 25.1 Å². The first kappa shape index (κ1) is 18.4. The Kier molecular flexibility index (Phi) is 4.98. The third-order valence-electron chi connectivity index (χ3n) is 4.35. The fraction of sp³-hybridized carbons (Fsp3) is 0.100. The van der Waals surface area contributed by atoms with Crippen LogP contribution in [-0.4, -0.2) is 19.1 Å². The maximum Gasteiger partial charge on any atom is 0.352 e. The van der Waals surface area contributed by atoms with Crippen molar-refractivity contribution in [1.29, 1.82) is 0 Å². The maximum absolute atomic E-state index is 12.9. The third kappa shape index (κ3) is 3.56. The molecule has 8 heteroatoms. The normalized spacial score (nSPS) is 11.1. The second-order valence-corrected chi connectivity index (χ2v) is 7.08. The molecule has 2 aromatic rings. The van der Waals surface area contributed by atoms with Gasteiger partial charge >= 0.3 is 5.69 Å². The molecule has 1 aromatic heterocycles. The monoisotopic (exact) mass is 412 g/mol. The van der Waals surface area contributed by atoms with E-state index in [1.54, 1.807) is 59.6 Å². The molecule has 28 heavy (non-hydrogen) atoms. The molecular weight excluding hydrogens is 399 g/mol. The lowest BCUT2D eigenvalue weighted by Gasteiger charge is -2.15. The molecule has 0 fully saturated rings. The van der Waals surface area contributed by atoms with Crippen LogP contribution < -0.4 is 11.2 Å². The largest absolute Gasteiger partial charge is 0.352 e. The predicted molar refractivity (Wildman–Crippen MR) is 108 cm³/mol. The van der Waals surface area contributed by atoms with Crippen LogP contribution in [0.4, 0.5) is 0 Å². The van der Waals surface area contributed by atoms with E-state index in [1.165, 1.54) is 0 Å². The Morgan fingerprint density at radius 2 is 1.79 bits per heavy atom. The molecule has 0 N–H and O–H groups in total. The van der Waals surface area contributed by atoms with Crippen LogP contribution in [0.2, 0.25) is 10.0 Å². The van der Waals surface area contributed by atoms with E-state index in [9.17, 15) is 9.59 Å². The molecule has 4 rings (SSSR count). The zero-order chi connectivity index (χ0) is 19.7. The van der Waals surface area contributed by atoms with E-state index >= 15 is 0 Å². The third-order valence-corrected chi connectivity index (χ3v) is 5.09. The summed E-state index contributed by atoms with van der Waals surface area (Å²) in [5.41, 5.74) is 1.01. The van der Waals surface area contributed by atoms with Gasteiger partial charge in [-0.05, 0) is 41.5 Å².